The molecule has 1 atom stereocenters. The van der Waals surface area contributed by atoms with Gasteiger partial charge in [-0.15, -0.1) is 0 Å². The van der Waals surface area contributed by atoms with Crippen LogP contribution in [0.4, 0.5) is 5.69 Å². The average Bonchev–Trinajstić information content (AvgIpc) is 2.47. The summed E-state index contributed by atoms with van der Waals surface area (Å²) in [5, 5.41) is 3.47. The zero-order valence-corrected chi connectivity index (χ0v) is 12.3. The lowest BCUT2D eigenvalue weighted by atomic mass is 10.1. The van der Waals surface area contributed by atoms with E-state index in [0.717, 1.165) is 11.3 Å². The van der Waals surface area contributed by atoms with Gasteiger partial charge in [-0.05, 0) is 24.6 Å². The van der Waals surface area contributed by atoms with Crippen molar-refractivity contribution in [3.63, 3.8) is 0 Å². The fourth-order valence-electron chi connectivity index (χ4n) is 2.30. The van der Waals surface area contributed by atoms with E-state index in [2.05, 4.69) is 5.32 Å². The van der Waals surface area contributed by atoms with Crippen molar-refractivity contribution in [3.05, 3.63) is 28.8 Å². The molecule has 3 N–H and O–H groups in total. The Hall–Kier alpha value is -1.30. The minimum absolute atomic E-state index is 0.0220. The molecule has 1 saturated heterocycles. The Labute approximate surface area is 124 Å². The first-order valence-corrected chi connectivity index (χ1v) is 7.15. The zero-order valence-electron chi connectivity index (χ0n) is 11.6. The monoisotopic (exact) mass is 297 g/mol. The van der Waals surface area contributed by atoms with Crippen LogP contribution in [-0.2, 0) is 16.1 Å². The number of carbonyl (C=O) groups is 1. The van der Waals surface area contributed by atoms with Crippen LogP contribution in [-0.4, -0.2) is 38.3 Å². The van der Waals surface area contributed by atoms with Gasteiger partial charge in [0.15, 0.2) is 0 Å². The number of likely N-dealkylation sites (N-methyl/N-ethyl adjacent to an activating group) is 1. The van der Waals surface area contributed by atoms with Gasteiger partial charge in [0.1, 0.15) is 6.04 Å². The summed E-state index contributed by atoms with van der Waals surface area (Å²) in [5.41, 5.74) is 7.44. The van der Waals surface area contributed by atoms with Gasteiger partial charge in [0.2, 0.25) is 5.91 Å². The van der Waals surface area contributed by atoms with Gasteiger partial charge in [-0.1, -0.05) is 17.7 Å². The van der Waals surface area contributed by atoms with Crippen LogP contribution < -0.4 is 16.0 Å². The summed E-state index contributed by atoms with van der Waals surface area (Å²) in [4.78, 5) is 14.1. The van der Waals surface area contributed by atoms with E-state index in [4.69, 9.17) is 22.1 Å². The van der Waals surface area contributed by atoms with Crippen molar-refractivity contribution < 1.29 is 9.53 Å². The molecule has 2 rings (SSSR count). The molecule has 0 radical (unpaired) electrons. The minimum Gasteiger partial charge on any atom is -0.377 e. The van der Waals surface area contributed by atoms with Gasteiger partial charge in [0.05, 0.1) is 13.2 Å². The minimum atomic E-state index is -0.316. The topological polar surface area (TPSA) is 67.6 Å². The molecule has 1 aliphatic rings. The van der Waals surface area contributed by atoms with Gasteiger partial charge in [0, 0.05) is 30.3 Å². The van der Waals surface area contributed by atoms with E-state index in [0.29, 0.717) is 37.9 Å². The number of nitrogens with one attached hydrogen (secondary N) is 1. The van der Waals surface area contributed by atoms with E-state index in [1.54, 1.807) is 0 Å². The fraction of sp³-hybridized carbons (Fsp3) is 0.500. The van der Waals surface area contributed by atoms with E-state index in [9.17, 15) is 4.79 Å². The Balaban J connectivity index is 2.23. The Morgan fingerprint density at radius 3 is 3.05 bits per heavy atom. The molecule has 0 spiro atoms. The number of nitrogens with zero attached hydrogens (tertiary/aromatic N) is 1. The molecule has 0 aliphatic carbocycles. The summed E-state index contributed by atoms with van der Waals surface area (Å²) in [7, 11) is 0. The average molecular weight is 298 g/mol. The molecule has 0 bridgehead atoms. The van der Waals surface area contributed by atoms with Gasteiger partial charge in [-0.25, -0.2) is 0 Å². The highest BCUT2D eigenvalue weighted by molar-refractivity contribution is 6.31. The van der Waals surface area contributed by atoms with Gasteiger partial charge >= 0.3 is 0 Å². The Morgan fingerprint density at radius 2 is 2.40 bits per heavy atom. The lowest BCUT2D eigenvalue weighted by Crippen LogP contribution is -2.54. The van der Waals surface area contributed by atoms with E-state index in [-0.39, 0.29) is 11.9 Å². The number of carbonyl (C=O) groups excluding carboxylic acids is 1. The molecule has 6 heteroatoms. The highest BCUT2D eigenvalue weighted by Gasteiger charge is 2.29. The third kappa shape index (κ3) is 3.23. The number of ether oxygens (including phenoxy) is 1. The number of rotatable bonds is 4. The molecule has 1 aliphatic heterocycles. The van der Waals surface area contributed by atoms with Gasteiger partial charge in [0.25, 0.3) is 0 Å². The first kappa shape index (κ1) is 15.1. The van der Waals surface area contributed by atoms with Crippen LogP contribution in [0, 0.1) is 0 Å². The quantitative estimate of drug-likeness (QED) is 0.874. The number of morpholine rings is 1. The van der Waals surface area contributed by atoms with Crippen molar-refractivity contribution in [3.8, 4) is 0 Å². The third-order valence-corrected chi connectivity index (χ3v) is 3.72. The van der Waals surface area contributed by atoms with Crippen LogP contribution >= 0.6 is 11.6 Å². The molecule has 0 aromatic heterocycles. The molecule has 1 unspecified atom stereocenters. The molecule has 1 heterocycles. The van der Waals surface area contributed by atoms with Crippen LogP contribution in [0.2, 0.25) is 5.02 Å². The number of hydrogen-bond acceptors (Lipinski definition) is 4. The van der Waals surface area contributed by atoms with E-state index < -0.39 is 0 Å². The predicted molar refractivity (Wildman–Crippen MR) is 80.0 cm³/mol. The van der Waals surface area contributed by atoms with Crippen LogP contribution in [0.25, 0.3) is 0 Å². The van der Waals surface area contributed by atoms with Crippen LogP contribution in [0.15, 0.2) is 18.2 Å². The largest absolute Gasteiger partial charge is 0.377 e. The second-order valence-corrected chi connectivity index (χ2v) is 5.07. The maximum Gasteiger partial charge on any atom is 0.245 e. The first-order valence-electron chi connectivity index (χ1n) is 6.78. The molecular formula is C14H20ClN3O2. The SMILES string of the molecule is CCNC(=O)C1COCCN1c1ccc(CN)c(Cl)c1. The van der Waals surface area contributed by atoms with Crippen molar-refractivity contribution in [2.24, 2.45) is 5.73 Å². The normalized spacial score (nSPS) is 18.9. The van der Waals surface area contributed by atoms with Gasteiger partial charge in [-0.2, -0.15) is 0 Å². The van der Waals surface area contributed by atoms with Crippen molar-refractivity contribution in [1.29, 1.82) is 0 Å². The summed E-state index contributed by atoms with van der Waals surface area (Å²) >= 11 is 6.20. The Kier molecular flexibility index (Phi) is 5.23. The number of amides is 1. The van der Waals surface area contributed by atoms with E-state index in [1.807, 2.05) is 30.0 Å². The lowest BCUT2D eigenvalue weighted by molar-refractivity contribution is -0.124. The number of nitrogens with two attached hydrogens (primary N) is 1. The maximum absolute atomic E-state index is 12.1. The third-order valence-electron chi connectivity index (χ3n) is 3.37. The molecule has 1 fully saturated rings. The molecule has 1 amide bonds. The first-order chi connectivity index (χ1) is 9.67. The maximum atomic E-state index is 12.1. The number of anilines is 1. The lowest BCUT2D eigenvalue weighted by Gasteiger charge is -2.36. The smallest absolute Gasteiger partial charge is 0.245 e. The van der Waals surface area contributed by atoms with Crippen molar-refractivity contribution in [1.82, 2.24) is 5.32 Å². The second-order valence-electron chi connectivity index (χ2n) is 4.66. The van der Waals surface area contributed by atoms with E-state index >= 15 is 0 Å². The summed E-state index contributed by atoms with van der Waals surface area (Å²) in [6, 6.07) is 5.40. The predicted octanol–water partition coefficient (Wildman–Crippen LogP) is 1.14. The van der Waals surface area contributed by atoms with Gasteiger partial charge in [-0.3, -0.25) is 4.79 Å². The molecule has 110 valence electrons. The van der Waals surface area contributed by atoms with E-state index in [1.165, 1.54) is 0 Å². The molecule has 5 nitrogen and oxygen atoms in total. The number of halogens is 1. The molecule has 0 saturated carbocycles. The summed E-state index contributed by atoms with van der Waals surface area (Å²) in [6.07, 6.45) is 0. The summed E-state index contributed by atoms with van der Waals surface area (Å²) < 4.78 is 5.42. The second kappa shape index (κ2) is 6.92. The summed E-state index contributed by atoms with van der Waals surface area (Å²) in [6.45, 7) is 4.57. The number of benzene rings is 1. The molecule has 20 heavy (non-hydrogen) atoms. The van der Waals surface area contributed by atoms with Crippen molar-refractivity contribution in [2.75, 3.05) is 31.2 Å². The van der Waals surface area contributed by atoms with Crippen LogP contribution in [0.5, 0.6) is 0 Å². The molecular weight excluding hydrogens is 278 g/mol. The summed E-state index contributed by atoms with van der Waals surface area (Å²) in [5.74, 6) is -0.0220. The van der Waals surface area contributed by atoms with Crippen molar-refractivity contribution >= 4 is 23.2 Å². The highest BCUT2D eigenvalue weighted by Crippen LogP contribution is 2.26. The number of hydrogen-bond donors (Lipinski definition) is 2. The molecule has 1 aromatic carbocycles. The zero-order chi connectivity index (χ0) is 14.5. The van der Waals surface area contributed by atoms with Crippen molar-refractivity contribution in [2.45, 2.75) is 19.5 Å². The molecule has 1 aromatic rings. The fourth-order valence-corrected chi connectivity index (χ4v) is 2.55. The standard InChI is InChI=1S/C14H20ClN3O2/c1-2-17-14(19)13-9-20-6-5-18(13)11-4-3-10(8-16)12(15)7-11/h3-4,7,13H,2,5-6,8-9,16H2,1H3,(H,17,19). The highest BCUT2D eigenvalue weighted by atomic mass is 35.5. The van der Waals surface area contributed by atoms with Crippen LogP contribution in [0.3, 0.4) is 0 Å². The Morgan fingerprint density at radius 1 is 1.60 bits per heavy atom. The van der Waals surface area contributed by atoms with Gasteiger partial charge < -0.3 is 20.7 Å². The Bertz CT molecular complexity index is 481. The van der Waals surface area contributed by atoms with Crippen LogP contribution in [0.1, 0.15) is 12.5 Å².